The highest BCUT2D eigenvalue weighted by molar-refractivity contribution is 5.71. The third-order valence-corrected chi connectivity index (χ3v) is 0.512. The van der Waals surface area contributed by atoms with Gasteiger partial charge in [0.25, 0.3) is 0 Å². The van der Waals surface area contributed by atoms with Crippen LogP contribution in [0.3, 0.4) is 0 Å². The molecule has 0 aliphatic rings. The third-order valence-electron chi connectivity index (χ3n) is 0.512. The second-order valence-corrected chi connectivity index (χ2v) is 1.41. The summed E-state index contributed by atoms with van der Waals surface area (Å²) in [6.07, 6.45) is -0.525. The number of hydrogen-bond donors (Lipinski definition) is 4. The number of rotatable bonds is 2. The van der Waals surface area contributed by atoms with Gasteiger partial charge in [0, 0.05) is 6.54 Å². The van der Waals surface area contributed by atoms with E-state index in [0.29, 0.717) is 0 Å². The number of urea groups is 1. The summed E-state index contributed by atoms with van der Waals surface area (Å²) in [5, 5.41) is 2.23. The molecule has 8 heavy (non-hydrogen) atoms. The first-order valence-electron chi connectivity index (χ1n) is 2.17. The minimum atomic E-state index is -0.606. The fourth-order valence-corrected chi connectivity index (χ4v) is 0.218. The molecule has 5 heteroatoms. The molecule has 0 aromatic carbocycles. The van der Waals surface area contributed by atoms with Crippen LogP contribution >= 0.6 is 0 Å². The zero-order valence-electron chi connectivity index (χ0n) is 4.42. The largest absolute Gasteiger partial charge is 0.352 e. The van der Waals surface area contributed by atoms with Crippen LogP contribution in [0.2, 0.25) is 0 Å². The minimum Gasteiger partial charge on any atom is -0.352 e. The number of primary amides is 1. The van der Waals surface area contributed by atoms with Crippen molar-refractivity contribution in [1.29, 1.82) is 0 Å². The fourth-order valence-electron chi connectivity index (χ4n) is 0.218. The summed E-state index contributed by atoms with van der Waals surface area (Å²) in [5.41, 5.74) is 14.8. The molecule has 0 saturated heterocycles. The highest BCUT2D eigenvalue weighted by Gasteiger charge is 1.93. The predicted octanol–water partition coefficient (Wildman–Crippen LogP) is -2.10. The van der Waals surface area contributed by atoms with Gasteiger partial charge in [-0.2, -0.15) is 0 Å². The Morgan fingerprint density at radius 2 is 2.12 bits per heavy atom. The van der Waals surface area contributed by atoms with Crippen LogP contribution in [-0.2, 0) is 0 Å². The lowest BCUT2D eigenvalue weighted by molar-refractivity contribution is 0.248. The standard InChI is InChI=1S/C3H10N4O/c4-2(5)1-7-3(6)8/h2H,1,4-5H2,(H3,6,7,8). The van der Waals surface area contributed by atoms with Crippen LogP contribution in [0.5, 0.6) is 0 Å². The maximum Gasteiger partial charge on any atom is 0.312 e. The van der Waals surface area contributed by atoms with Crippen molar-refractivity contribution in [2.24, 2.45) is 17.2 Å². The summed E-state index contributed by atoms with van der Waals surface area (Å²) >= 11 is 0. The van der Waals surface area contributed by atoms with E-state index in [1.807, 2.05) is 0 Å². The van der Waals surface area contributed by atoms with E-state index in [0.717, 1.165) is 0 Å². The van der Waals surface area contributed by atoms with Crippen LogP contribution in [0.4, 0.5) is 4.79 Å². The van der Waals surface area contributed by atoms with Gasteiger partial charge < -0.3 is 22.5 Å². The van der Waals surface area contributed by atoms with Crippen LogP contribution < -0.4 is 22.5 Å². The lowest BCUT2D eigenvalue weighted by Crippen LogP contribution is -2.44. The van der Waals surface area contributed by atoms with Gasteiger partial charge in [-0.25, -0.2) is 4.79 Å². The van der Waals surface area contributed by atoms with Gasteiger partial charge in [-0.3, -0.25) is 0 Å². The van der Waals surface area contributed by atoms with Crippen molar-refractivity contribution in [2.75, 3.05) is 6.54 Å². The van der Waals surface area contributed by atoms with Gasteiger partial charge in [-0.1, -0.05) is 0 Å². The number of carbonyl (C=O) groups excluding carboxylic acids is 1. The maximum absolute atomic E-state index is 9.90. The zero-order chi connectivity index (χ0) is 6.57. The second kappa shape index (κ2) is 3.23. The Morgan fingerprint density at radius 1 is 1.62 bits per heavy atom. The van der Waals surface area contributed by atoms with Gasteiger partial charge >= 0.3 is 6.03 Å². The molecular weight excluding hydrogens is 108 g/mol. The maximum atomic E-state index is 9.90. The normalized spacial score (nSPS) is 9.38. The topological polar surface area (TPSA) is 107 Å². The number of nitrogens with one attached hydrogen (secondary N) is 1. The van der Waals surface area contributed by atoms with Crippen molar-refractivity contribution >= 4 is 6.03 Å². The third kappa shape index (κ3) is 5.19. The van der Waals surface area contributed by atoms with E-state index in [1.54, 1.807) is 0 Å². The van der Waals surface area contributed by atoms with Gasteiger partial charge in [0.15, 0.2) is 0 Å². The second-order valence-electron chi connectivity index (χ2n) is 1.41. The van der Waals surface area contributed by atoms with E-state index >= 15 is 0 Å². The molecule has 0 rings (SSSR count). The Bertz CT molecular complexity index is 81.4. The molecule has 0 atom stereocenters. The SMILES string of the molecule is NC(=O)NCC(N)N. The molecule has 0 aromatic rings. The first kappa shape index (κ1) is 7.19. The Labute approximate surface area is 47.2 Å². The number of carbonyl (C=O) groups is 1. The molecule has 2 amide bonds. The molecule has 0 heterocycles. The molecule has 0 aromatic heterocycles. The predicted molar refractivity (Wildman–Crippen MR) is 29.7 cm³/mol. The Kier molecular flexibility index (Phi) is 2.90. The Hall–Kier alpha value is -0.810. The van der Waals surface area contributed by atoms with Crippen LogP contribution in [0.15, 0.2) is 0 Å². The Balaban J connectivity index is 3.05. The van der Waals surface area contributed by atoms with Gasteiger partial charge in [0.2, 0.25) is 0 Å². The molecule has 0 radical (unpaired) electrons. The molecule has 7 N–H and O–H groups in total. The zero-order valence-corrected chi connectivity index (χ0v) is 4.42. The van der Waals surface area contributed by atoms with Gasteiger partial charge in [-0.05, 0) is 0 Å². The molecule has 0 unspecified atom stereocenters. The quantitative estimate of drug-likeness (QED) is 0.312. The lowest BCUT2D eigenvalue weighted by atomic mass is 10.5. The van der Waals surface area contributed by atoms with Gasteiger partial charge in [0.05, 0.1) is 6.17 Å². The van der Waals surface area contributed by atoms with E-state index in [1.165, 1.54) is 0 Å². The average Bonchev–Trinajstić information content (AvgIpc) is 1.61. The first-order valence-corrected chi connectivity index (χ1v) is 2.17. The van der Waals surface area contributed by atoms with Crippen LogP contribution in [0.25, 0.3) is 0 Å². The van der Waals surface area contributed by atoms with Gasteiger partial charge in [-0.15, -0.1) is 0 Å². The summed E-state index contributed by atoms with van der Waals surface area (Å²) in [4.78, 5) is 9.90. The average molecular weight is 118 g/mol. The van der Waals surface area contributed by atoms with E-state index in [2.05, 4.69) is 11.1 Å². The minimum absolute atomic E-state index is 0.218. The van der Waals surface area contributed by atoms with Crippen LogP contribution in [0.1, 0.15) is 0 Å². The number of hydrogen-bond acceptors (Lipinski definition) is 3. The molecule has 0 spiro atoms. The molecule has 0 saturated carbocycles. The number of nitrogens with two attached hydrogens (primary N) is 3. The lowest BCUT2D eigenvalue weighted by Gasteiger charge is -2.02. The molecule has 0 bridgehead atoms. The van der Waals surface area contributed by atoms with Crippen molar-refractivity contribution in [3.63, 3.8) is 0 Å². The van der Waals surface area contributed by atoms with Crippen molar-refractivity contribution in [2.45, 2.75) is 6.17 Å². The monoisotopic (exact) mass is 118 g/mol. The first-order chi connectivity index (χ1) is 3.63. The van der Waals surface area contributed by atoms with E-state index in [-0.39, 0.29) is 6.54 Å². The smallest absolute Gasteiger partial charge is 0.312 e. The molecule has 5 nitrogen and oxygen atoms in total. The summed E-state index contributed by atoms with van der Waals surface area (Å²) in [7, 11) is 0. The Morgan fingerprint density at radius 3 is 2.25 bits per heavy atom. The molecule has 0 fully saturated rings. The van der Waals surface area contributed by atoms with Crippen molar-refractivity contribution in [1.82, 2.24) is 5.32 Å². The summed E-state index contributed by atoms with van der Waals surface area (Å²) < 4.78 is 0. The highest BCUT2D eigenvalue weighted by atomic mass is 16.2. The molecule has 0 aliphatic carbocycles. The number of amides is 2. The van der Waals surface area contributed by atoms with Crippen LogP contribution in [-0.4, -0.2) is 18.7 Å². The fraction of sp³-hybridized carbons (Fsp3) is 0.667. The van der Waals surface area contributed by atoms with Crippen LogP contribution in [0, 0.1) is 0 Å². The van der Waals surface area contributed by atoms with E-state index in [9.17, 15) is 4.79 Å². The summed E-state index contributed by atoms with van der Waals surface area (Å²) in [5.74, 6) is 0. The molecular formula is C3H10N4O. The summed E-state index contributed by atoms with van der Waals surface area (Å²) in [6, 6.07) is -0.606. The highest BCUT2D eigenvalue weighted by Crippen LogP contribution is 1.57. The van der Waals surface area contributed by atoms with Crippen molar-refractivity contribution < 1.29 is 4.79 Å². The molecule has 0 aliphatic heterocycles. The molecule has 48 valence electrons. The summed E-state index contributed by atoms with van der Waals surface area (Å²) in [6.45, 7) is 0.218. The van der Waals surface area contributed by atoms with Crippen molar-refractivity contribution in [3.05, 3.63) is 0 Å². The van der Waals surface area contributed by atoms with Crippen molar-refractivity contribution in [3.8, 4) is 0 Å². The van der Waals surface area contributed by atoms with Gasteiger partial charge in [0.1, 0.15) is 0 Å². The van der Waals surface area contributed by atoms with E-state index < -0.39 is 12.2 Å². The van der Waals surface area contributed by atoms with E-state index in [4.69, 9.17) is 11.5 Å².